The molecule has 0 amide bonds. The van der Waals surface area contributed by atoms with Gasteiger partial charge in [-0.05, 0) is 88.0 Å². The molecule has 0 unspecified atom stereocenters. The first-order chi connectivity index (χ1) is 22.9. The quantitative estimate of drug-likeness (QED) is 0.195. The first-order valence-corrected chi connectivity index (χ1v) is 12.7. The average molecular weight is 563 g/mol. The summed E-state index contributed by atoms with van der Waals surface area (Å²) in [6.45, 7) is 0. The molecule has 0 saturated carbocycles. The van der Waals surface area contributed by atoms with Crippen molar-refractivity contribution < 1.29 is 13.7 Å². The summed E-state index contributed by atoms with van der Waals surface area (Å²) in [5.74, 6) is 0. The molecule has 0 aliphatic carbocycles. The second kappa shape index (κ2) is 10.9. The van der Waals surface area contributed by atoms with Crippen LogP contribution in [0.4, 0.5) is 17.1 Å². The van der Waals surface area contributed by atoms with E-state index in [0.29, 0.717) is 5.69 Å². The van der Waals surface area contributed by atoms with Gasteiger partial charge in [0.05, 0.1) is 13.7 Å². The minimum atomic E-state index is -0.536. The number of halogens is 1. The highest BCUT2D eigenvalue weighted by atomic mass is 79.9. The Bertz CT molecular complexity index is 2040. The fraction of sp³-hybridized carbons (Fsp3) is 0. The van der Waals surface area contributed by atoms with Crippen LogP contribution in [0.1, 0.15) is 13.7 Å². The highest BCUT2D eigenvalue weighted by molar-refractivity contribution is 9.10. The topological polar surface area (TPSA) is 3.24 Å². The summed E-state index contributed by atoms with van der Waals surface area (Å²) in [5, 5.41) is 0. The lowest BCUT2D eigenvalue weighted by Crippen LogP contribution is -2.10. The van der Waals surface area contributed by atoms with Crippen molar-refractivity contribution in [3.63, 3.8) is 0 Å². The highest BCUT2D eigenvalue weighted by Gasteiger charge is 2.16. The molecule has 0 saturated heterocycles. The van der Waals surface area contributed by atoms with Crippen molar-refractivity contribution in [2.24, 2.45) is 0 Å². The summed E-state index contributed by atoms with van der Waals surface area (Å²) in [6, 6.07) is 25.3. The van der Waals surface area contributed by atoms with Gasteiger partial charge in [0.15, 0.2) is 0 Å². The Morgan fingerprint density at radius 1 is 0.421 bits per heavy atom. The van der Waals surface area contributed by atoms with Crippen LogP contribution >= 0.6 is 15.9 Å². The third-order valence-electron chi connectivity index (χ3n) is 6.07. The Labute approximate surface area is 246 Å². The number of benzene rings is 6. The Kier molecular flexibility index (Phi) is 4.34. The minimum absolute atomic E-state index is 0.0772. The van der Waals surface area contributed by atoms with E-state index in [1.54, 1.807) is 12.1 Å². The minimum Gasteiger partial charge on any atom is -0.310 e. The Morgan fingerprint density at radius 3 is 1.42 bits per heavy atom. The lowest BCUT2D eigenvalue weighted by Gasteiger charge is -2.27. The van der Waals surface area contributed by atoms with Crippen LogP contribution in [0.3, 0.4) is 0 Å². The number of hydrogen-bond donors (Lipinski definition) is 0. The van der Waals surface area contributed by atoms with Crippen molar-refractivity contribution in [2.45, 2.75) is 0 Å². The van der Waals surface area contributed by atoms with E-state index >= 15 is 0 Å². The summed E-state index contributed by atoms with van der Waals surface area (Å²) in [7, 11) is 0. The molecular formula is C36H26BrN. The van der Waals surface area contributed by atoms with Gasteiger partial charge in [0.25, 0.3) is 0 Å². The molecule has 0 atom stereocenters. The fourth-order valence-electron chi connectivity index (χ4n) is 4.29. The standard InChI is InChI=1S/C36H26BrN/c37-33-18-22-35(23-19-33)38(34-20-16-30(17-21-34)27-10-4-1-5-11-27)36-25-31(28-12-6-2-7-13-28)24-32(26-36)29-14-8-3-9-15-29/h1-26H/i2D,3D,6D,7D,8D,9D,12D,13D,14D,15D. The van der Waals surface area contributed by atoms with Crippen molar-refractivity contribution >= 4 is 33.0 Å². The largest absolute Gasteiger partial charge is 0.310 e. The molecule has 0 bridgehead atoms. The predicted octanol–water partition coefficient (Wildman–Crippen LogP) is 10.9. The number of nitrogens with zero attached hydrogens (tertiary/aromatic N) is 1. The van der Waals surface area contributed by atoms with Crippen LogP contribution in [0.15, 0.2) is 162 Å². The second-order valence-corrected chi connectivity index (χ2v) is 9.41. The smallest absolute Gasteiger partial charge is 0.0629 e. The molecular weight excluding hydrogens is 526 g/mol. The highest BCUT2D eigenvalue weighted by Crippen LogP contribution is 2.40. The van der Waals surface area contributed by atoms with E-state index in [1.807, 2.05) is 83.8 Å². The zero-order valence-corrected chi connectivity index (χ0v) is 21.6. The van der Waals surface area contributed by atoms with Gasteiger partial charge in [-0.15, -0.1) is 0 Å². The molecule has 182 valence electrons. The van der Waals surface area contributed by atoms with Gasteiger partial charge in [-0.3, -0.25) is 0 Å². The molecule has 0 spiro atoms. The predicted molar refractivity (Wildman–Crippen MR) is 165 cm³/mol. The lowest BCUT2D eigenvalue weighted by molar-refractivity contribution is 1.28. The van der Waals surface area contributed by atoms with Crippen molar-refractivity contribution in [2.75, 3.05) is 4.90 Å². The van der Waals surface area contributed by atoms with E-state index in [2.05, 4.69) is 15.9 Å². The summed E-state index contributed by atoms with van der Waals surface area (Å²) in [6.07, 6.45) is 0. The summed E-state index contributed by atoms with van der Waals surface area (Å²) in [4.78, 5) is 1.90. The van der Waals surface area contributed by atoms with Crippen LogP contribution in [-0.4, -0.2) is 0 Å². The number of rotatable bonds is 6. The second-order valence-electron chi connectivity index (χ2n) is 8.49. The molecule has 2 heteroatoms. The SMILES string of the molecule is [2H]c1c([2H])c([2H])c(-c2cc(-c3c([2H])c([2H])c([2H])c([2H])c3[2H])cc(N(c3ccc(Br)cc3)c3ccc(-c4ccccc4)cc3)c2)c([2H])c1[2H]. The van der Waals surface area contributed by atoms with Crippen LogP contribution in [0.2, 0.25) is 0 Å². The Morgan fingerprint density at radius 2 is 0.895 bits per heavy atom. The molecule has 0 aliphatic rings. The van der Waals surface area contributed by atoms with Crippen LogP contribution in [0, 0.1) is 0 Å². The van der Waals surface area contributed by atoms with Crippen molar-refractivity contribution in [1.82, 2.24) is 0 Å². The van der Waals surface area contributed by atoms with E-state index < -0.39 is 60.4 Å². The van der Waals surface area contributed by atoms with Gasteiger partial charge in [-0.2, -0.15) is 0 Å². The molecule has 0 heterocycles. The Balaban J connectivity index is 1.67. The van der Waals surface area contributed by atoms with Crippen LogP contribution < -0.4 is 4.90 Å². The van der Waals surface area contributed by atoms with Crippen molar-refractivity contribution in [3.05, 3.63) is 162 Å². The summed E-state index contributed by atoms with van der Waals surface area (Å²) < 4.78 is 85.2. The molecule has 6 aromatic rings. The van der Waals surface area contributed by atoms with Gasteiger partial charge < -0.3 is 4.90 Å². The van der Waals surface area contributed by atoms with Crippen molar-refractivity contribution in [1.29, 1.82) is 0 Å². The van der Waals surface area contributed by atoms with Gasteiger partial charge in [0.1, 0.15) is 0 Å². The normalized spacial score (nSPS) is 14.4. The molecule has 0 fully saturated rings. The van der Waals surface area contributed by atoms with E-state index in [-0.39, 0.29) is 22.3 Å². The first-order valence-electron chi connectivity index (χ1n) is 16.9. The molecule has 1 nitrogen and oxygen atoms in total. The maximum atomic E-state index is 8.71. The van der Waals surface area contributed by atoms with Crippen LogP contribution in [0.5, 0.6) is 0 Å². The zero-order valence-electron chi connectivity index (χ0n) is 30.1. The van der Waals surface area contributed by atoms with E-state index in [0.717, 1.165) is 27.0 Å². The average Bonchev–Trinajstić information content (AvgIpc) is 3.10. The van der Waals surface area contributed by atoms with Gasteiger partial charge in [0, 0.05) is 21.5 Å². The van der Waals surface area contributed by atoms with Gasteiger partial charge in [-0.25, -0.2) is 0 Å². The molecule has 38 heavy (non-hydrogen) atoms. The monoisotopic (exact) mass is 561 g/mol. The number of anilines is 3. The van der Waals surface area contributed by atoms with Crippen LogP contribution in [0.25, 0.3) is 33.4 Å². The number of hydrogen-bond acceptors (Lipinski definition) is 1. The van der Waals surface area contributed by atoms with Gasteiger partial charge >= 0.3 is 0 Å². The fourth-order valence-corrected chi connectivity index (χ4v) is 4.55. The maximum Gasteiger partial charge on any atom is 0.0629 e. The zero-order chi connectivity index (χ0) is 34.4. The third-order valence-corrected chi connectivity index (χ3v) is 6.60. The summed E-state index contributed by atoms with van der Waals surface area (Å²) in [5.41, 5.74) is 4.21. The molecule has 0 aliphatic heterocycles. The van der Waals surface area contributed by atoms with Crippen LogP contribution in [-0.2, 0) is 0 Å². The van der Waals surface area contributed by atoms with E-state index in [9.17, 15) is 0 Å². The van der Waals surface area contributed by atoms with Gasteiger partial charge in [-0.1, -0.05) is 119 Å². The maximum absolute atomic E-state index is 8.71. The van der Waals surface area contributed by atoms with Gasteiger partial charge in [0.2, 0.25) is 0 Å². The Hall–Kier alpha value is -4.40. The molecule has 6 rings (SSSR count). The van der Waals surface area contributed by atoms with Crippen molar-refractivity contribution in [3.8, 4) is 33.4 Å². The first kappa shape index (κ1) is 15.1. The molecule has 0 radical (unpaired) electrons. The summed E-state index contributed by atoms with van der Waals surface area (Å²) >= 11 is 3.49. The van der Waals surface area contributed by atoms with E-state index in [1.165, 1.54) is 6.07 Å². The third kappa shape index (κ3) is 5.18. The molecule has 0 N–H and O–H groups in total. The molecule has 6 aromatic carbocycles. The van der Waals surface area contributed by atoms with E-state index in [4.69, 9.17) is 13.7 Å². The molecule has 0 aromatic heterocycles. The lowest BCUT2D eigenvalue weighted by atomic mass is 9.97.